The van der Waals surface area contributed by atoms with Gasteiger partial charge in [-0.05, 0) is 17.7 Å². The molecule has 3 aromatic rings. The maximum absolute atomic E-state index is 11.7. The van der Waals surface area contributed by atoms with E-state index in [1.54, 1.807) is 24.3 Å². The van der Waals surface area contributed by atoms with Crippen LogP contribution in [0.2, 0.25) is 0 Å². The summed E-state index contributed by atoms with van der Waals surface area (Å²) in [5.41, 5.74) is 2.21. The van der Waals surface area contributed by atoms with Gasteiger partial charge in [0.1, 0.15) is 5.57 Å². The number of carboxylic acid groups (broad SMARTS) is 1. The SMILES string of the molecule is CO/C(=C(/C(=O)O)c1ccccc1)c1nc2ccccc2[nH]1. The molecule has 0 fully saturated rings. The number of aromatic nitrogens is 2. The van der Waals surface area contributed by atoms with Gasteiger partial charge in [0.25, 0.3) is 0 Å². The highest BCUT2D eigenvalue weighted by Gasteiger charge is 2.21. The lowest BCUT2D eigenvalue weighted by atomic mass is 10.0. The zero-order valence-corrected chi connectivity index (χ0v) is 11.9. The van der Waals surface area contributed by atoms with Gasteiger partial charge in [-0.15, -0.1) is 0 Å². The topological polar surface area (TPSA) is 75.2 Å². The van der Waals surface area contributed by atoms with Crippen LogP contribution in [-0.2, 0) is 9.53 Å². The van der Waals surface area contributed by atoms with Crippen LogP contribution >= 0.6 is 0 Å². The van der Waals surface area contributed by atoms with Crippen LogP contribution in [0, 0.1) is 0 Å². The van der Waals surface area contributed by atoms with Crippen molar-refractivity contribution in [3.05, 3.63) is 66.0 Å². The second kappa shape index (κ2) is 5.73. The first-order valence-corrected chi connectivity index (χ1v) is 6.73. The first-order valence-electron chi connectivity index (χ1n) is 6.73. The molecule has 0 radical (unpaired) electrons. The summed E-state index contributed by atoms with van der Waals surface area (Å²) >= 11 is 0. The number of para-hydroxylation sites is 2. The van der Waals surface area contributed by atoms with E-state index in [2.05, 4.69) is 9.97 Å². The number of aromatic amines is 1. The number of imidazole rings is 1. The molecule has 0 amide bonds. The van der Waals surface area contributed by atoms with Crippen molar-refractivity contribution in [3.8, 4) is 0 Å². The van der Waals surface area contributed by atoms with Crippen LogP contribution in [0.1, 0.15) is 11.4 Å². The highest BCUT2D eigenvalue weighted by Crippen LogP contribution is 2.27. The summed E-state index contributed by atoms with van der Waals surface area (Å²) in [6, 6.07) is 16.3. The van der Waals surface area contributed by atoms with Crippen molar-refractivity contribution < 1.29 is 14.6 Å². The largest absolute Gasteiger partial charge is 0.492 e. The molecule has 0 saturated carbocycles. The number of H-pyrrole nitrogens is 1. The third kappa shape index (κ3) is 2.44. The molecule has 5 nitrogen and oxygen atoms in total. The van der Waals surface area contributed by atoms with Crippen molar-refractivity contribution in [1.29, 1.82) is 0 Å². The normalized spacial score (nSPS) is 12.0. The molecule has 0 bridgehead atoms. The number of fused-ring (bicyclic) bond motifs is 1. The number of methoxy groups -OCH3 is 1. The molecule has 0 unspecified atom stereocenters. The number of nitrogens with one attached hydrogen (secondary N) is 1. The van der Waals surface area contributed by atoms with E-state index in [0.29, 0.717) is 11.4 Å². The van der Waals surface area contributed by atoms with E-state index in [1.807, 2.05) is 30.3 Å². The fourth-order valence-corrected chi connectivity index (χ4v) is 2.33. The Labute approximate surface area is 126 Å². The highest BCUT2D eigenvalue weighted by atomic mass is 16.5. The van der Waals surface area contributed by atoms with Gasteiger partial charge in [0.2, 0.25) is 0 Å². The second-order valence-electron chi connectivity index (χ2n) is 4.68. The predicted molar refractivity (Wildman–Crippen MR) is 84.0 cm³/mol. The van der Waals surface area contributed by atoms with E-state index in [-0.39, 0.29) is 11.3 Å². The van der Waals surface area contributed by atoms with Crippen LogP contribution in [0.4, 0.5) is 0 Å². The summed E-state index contributed by atoms with van der Waals surface area (Å²) in [5, 5.41) is 9.58. The Morgan fingerprint density at radius 2 is 1.77 bits per heavy atom. The zero-order chi connectivity index (χ0) is 15.5. The van der Waals surface area contributed by atoms with Crippen LogP contribution < -0.4 is 0 Å². The smallest absolute Gasteiger partial charge is 0.340 e. The quantitative estimate of drug-likeness (QED) is 0.572. The molecular formula is C17H14N2O3. The fraction of sp³-hybridized carbons (Fsp3) is 0.0588. The van der Waals surface area contributed by atoms with E-state index in [0.717, 1.165) is 11.0 Å². The van der Waals surface area contributed by atoms with Crippen LogP contribution in [-0.4, -0.2) is 28.2 Å². The lowest BCUT2D eigenvalue weighted by molar-refractivity contribution is -0.130. The maximum atomic E-state index is 11.7. The van der Waals surface area contributed by atoms with Crippen molar-refractivity contribution in [2.45, 2.75) is 0 Å². The van der Waals surface area contributed by atoms with Gasteiger partial charge < -0.3 is 14.8 Å². The summed E-state index contributed by atoms with van der Waals surface area (Å²) in [4.78, 5) is 19.2. The van der Waals surface area contributed by atoms with Crippen molar-refractivity contribution >= 4 is 28.3 Å². The van der Waals surface area contributed by atoms with Crippen LogP contribution in [0.5, 0.6) is 0 Å². The Balaban J connectivity index is 2.23. The number of carboxylic acids is 1. The van der Waals surface area contributed by atoms with Gasteiger partial charge in [-0.2, -0.15) is 0 Å². The number of carbonyl (C=O) groups is 1. The molecule has 110 valence electrons. The molecule has 1 aromatic heterocycles. The third-order valence-electron chi connectivity index (χ3n) is 3.31. The van der Waals surface area contributed by atoms with Crippen molar-refractivity contribution in [3.63, 3.8) is 0 Å². The molecule has 3 rings (SSSR count). The van der Waals surface area contributed by atoms with E-state index < -0.39 is 5.97 Å². The van der Waals surface area contributed by atoms with E-state index >= 15 is 0 Å². The molecule has 0 aliphatic carbocycles. The Morgan fingerprint density at radius 1 is 1.09 bits per heavy atom. The molecule has 5 heteroatoms. The summed E-state index contributed by atoms with van der Waals surface area (Å²) in [6.45, 7) is 0. The minimum atomic E-state index is -1.07. The number of hydrogen-bond donors (Lipinski definition) is 2. The number of aliphatic carboxylic acids is 1. The Kier molecular flexibility index (Phi) is 3.62. The van der Waals surface area contributed by atoms with Gasteiger partial charge in [0.15, 0.2) is 11.6 Å². The number of rotatable bonds is 4. The predicted octanol–water partition coefficient (Wildman–Crippen LogP) is 3.16. The molecule has 0 spiro atoms. The molecule has 2 N–H and O–H groups in total. The number of nitrogens with zero attached hydrogens (tertiary/aromatic N) is 1. The third-order valence-corrected chi connectivity index (χ3v) is 3.31. The van der Waals surface area contributed by atoms with Crippen LogP contribution in [0.15, 0.2) is 54.6 Å². The van der Waals surface area contributed by atoms with E-state index in [1.165, 1.54) is 7.11 Å². The van der Waals surface area contributed by atoms with Gasteiger partial charge in [-0.1, -0.05) is 42.5 Å². The molecule has 22 heavy (non-hydrogen) atoms. The first-order chi connectivity index (χ1) is 10.7. The van der Waals surface area contributed by atoms with Crippen molar-refractivity contribution in [1.82, 2.24) is 9.97 Å². The number of benzene rings is 2. The van der Waals surface area contributed by atoms with Crippen LogP contribution in [0.25, 0.3) is 22.4 Å². The van der Waals surface area contributed by atoms with E-state index in [4.69, 9.17) is 4.74 Å². The monoisotopic (exact) mass is 294 g/mol. The minimum absolute atomic E-state index is 0.0714. The summed E-state index contributed by atoms with van der Waals surface area (Å²) in [6.07, 6.45) is 0. The Bertz CT molecular complexity index is 817. The van der Waals surface area contributed by atoms with Crippen LogP contribution in [0.3, 0.4) is 0 Å². The standard InChI is InChI=1S/C17H14N2O3/c1-22-15(14(17(20)21)11-7-3-2-4-8-11)16-18-12-9-5-6-10-13(12)19-16/h2-10H,1H3,(H,18,19)(H,20,21)/b15-14+. The van der Waals surface area contributed by atoms with E-state index in [9.17, 15) is 9.90 Å². The summed E-state index contributed by atoms with van der Waals surface area (Å²) in [7, 11) is 1.44. The number of ether oxygens (including phenoxy) is 1. The average molecular weight is 294 g/mol. The van der Waals surface area contributed by atoms with Gasteiger partial charge in [-0.25, -0.2) is 9.78 Å². The molecule has 1 heterocycles. The molecule has 0 aliphatic rings. The average Bonchev–Trinajstić information content (AvgIpc) is 2.96. The second-order valence-corrected chi connectivity index (χ2v) is 4.68. The van der Waals surface area contributed by atoms with Gasteiger partial charge in [0, 0.05) is 0 Å². The molecular weight excluding hydrogens is 280 g/mol. The fourth-order valence-electron chi connectivity index (χ4n) is 2.33. The highest BCUT2D eigenvalue weighted by molar-refractivity contribution is 6.22. The molecule has 2 aromatic carbocycles. The Hall–Kier alpha value is -3.08. The maximum Gasteiger partial charge on any atom is 0.340 e. The minimum Gasteiger partial charge on any atom is -0.492 e. The summed E-state index contributed by atoms with van der Waals surface area (Å²) in [5.74, 6) is -0.469. The number of hydrogen-bond acceptors (Lipinski definition) is 3. The lowest BCUT2D eigenvalue weighted by Gasteiger charge is -2.09. The summed E-state index contributed by atoms with van der Waals surface area (Å²) < 4.78 is 5.35. The first kappa shape index (κ1) is 13.9. The zero-order valence-electron chi connectivity index (χ0n) is 11.9. The van der Waals surface area contributed by atoms with Crippen molar-refractivity contribution in [2.24, 2.45) is 0 Å². The van der Waals surface area contributed by atoms with Crippen molar-refractivity contribution in [2.75, 3.05) is 7.11 Å². The van der Waals surface area contributed by atoms with Gasteiger partial charge in [-0.3, -0.25) is 0 Å². The van der Waals surface area contributed by atoms with Gasteiger partial charge in [0.05, 0.1) is 18.1 Å². The van der Waals surface area contributed by atoms with Gasteiger partial charge >= 0.3 is 5.97 Å². The molecule has 0 saturated heterocycles. The lowest BCUT2D eigenvalue weighted by Crippen LogP contribution is -2.06. The molecule has 0 atom stereocenters. The Morgan fingerprint density at radius 3 is 2.41 bits per heavy atom. The molecule has 0 aliphatic heterocycles.